The standard InChI is InChI=1S/C24H24F3N5O/c1-15-10-11-31(29-15)20-7-4-18(5-8-20)23(33)28-14-19-6-9-21(13-22(19)24(25,26)27)32-17(3)12-16(2)30-32/h4-9,12-13H,10-11,14H2,1-3H3,(H,28,33). The maximum atomic E-state index is 13.8. The number of hydrazone groups is 1. The van der Waals surface area contributed by atoms with Crippen molar-refractivity contribution in [3.8, 4) is 5.69 Å². The summed E-state index contributed by atoms with van der Waals surface area (Å²) in [5.74, 6) is -0.446. The number of carbonyl (C=O) groups excluding carboxylic acids is 1. The van der Waals surface area contributed by atoms with Gasteiger partial charge in [-0.05, 0) is 68.8 Å². The second-order valence-corrected chi connectivity index (χ2v) is 8.12. The molecule has 0 unspecified atom stereocenters. The second-order valence-electron chi connectivity index (χ2n) is 8.12. The van der Waals surface area contributed by atoms with Crippen molar-refractivity contribution in [1.29, 1.82) is 0 Å². The highest BCUT2D eigenvalue weighted by atomic mass is 19.4. The maximum Gasteiger partial charge on any atom is 0.416 e. The van der Waals surface area contributed by atoms with Gasteiger partial charge in [0.05, 0.1) is 22.6 Å². The average molecular weight is 455 g/mol. The molecule has 4 rings (SSSR count). The second kappa shape index (κ2) is 8.73. The van der Waals surface area contributed by atoms with E-state index in [9.17, 15) is 18.0 Å². The first-order valence-corrected chi connectivity index (χ1v) is 10.6. The van der Waals surface area contributed by atoms with E-state index < -0.39 is 17.6 Å². The van der Waals surface area contributed by atoms with Crippen LogP contribution in [0.25, 0.3) is 5.69 Å². The van der Waals surface area contributed by atoms with E-state index in [1.165, 1.54) is 10.7 Å². The Labute approximate surface area is 189 Å². The number of nitrogens with one attached hydrogen (secondary N) is 1. The van der Waals surface area contributed by atoms with Gasteiger partial charge in [-0.15, -0.1) is 0 Å². The van der Waals surface area contributed by atoms with E-state index in [4.69, 9.17) is 0 Å². The summed E-state index contributed by atoms with van der Waals surface area (Å²) in [7, 11) is 0. The zero-order chi connectivity index (χ0) is 23.8. The summed E-state index contributed by atoms with van der Waals surface area (Å²) >= 11 is 0. The molecule has 1 amide bonds. The quantitative estimate of drug-likeness (QED) is 0.587. The van der Waals surface area contributed by atoms with Crippen molar-refractivity contribution in [3.05, 3.63) is 76.6 Å². The number of amides is 1. The largest absolute Gasteiger partial charge is 0.416 e. The van der Waals surface area contributed by atoms with Crippen molar-refractivity contribution in [2.45, 2.75) is 39.9 Å². The highest BCUT2D eigenvalue weighted by Gasteiger charge is 2.34. The van der Waals surface area contributed by atoms with Gasteiger partial charge in [-0.3, -0.25) is 9.80 Å². The molecule has 0 bridgehead atoms. The fourth-order valence-electron chi connectivity index (χ4n) is 3.83. The van der Waals surface area contributed by atoms with Crippen molar-refractivity contribution in [3.63, 3.8) is 0 Å². The number of nitrogens with zero attached hydrogens (tertiary/aromatic N) is 4. The minimum Gasteiger partial charge on any atom is -0.348 e. The van der Waals surface area contributed by atoms with Gasteiger partial charge in [0.1, 0.15) is 0 Å². The van der Waals surface area contributed by atoms with Crippen LogP contribution in [-0.2, 0) is 12.7 Å². The zero-order valence-electron chi connectivity index (χ0n) is 18.6. The molecule has 0 atom stereocenters. The molecule has 0 fully saturated rings. The van der Waals surface area contributed by atoms with Crippen LogP contribution < -0.4 is 10.3 Å². The smallest absolute Gasteiger partial charge is 0.348 e. The van der Waals surface area contributed by atoms with Gasteiger partial charge >= 0.3 is 6.18 Å². The van der Waals surface area contributed by atoms with Crippen LogP contribution in [-0.4, -0.2) is 27.9 Å². The Hall–Kier alpha value is -3.62. The molecule has 0 saturated heterocycles. The molecule has 33 heavy (non-hydrogen) atoms. The van der Waals surface area contributed by atoms with E-state index in [1.807, 2.05) is 11.9 Å². The van der Waals surface area contributed by atoms with Crippen molar-refractivity contribution < 1.29 is 18.0 Å². The number of anilines is 1. The number of hydrogen-bond donors (Lipinski definition) is 1. The molecule has 6 nitrogen and oxygen atoms in total. The molecule has 0 radical (unpaired) electrons. The van der Waals surface area contributed by atoms with Crippen LogP contribution in [0.5, 0.6) is 0 Å². The van der Waals surface area contributed by atoms with Crippen LogP contribution in [0.4, 0.5) is 18.9 Å². The van der Waals surface area contributed by atoms with Crippen LogP contribution >= 0.6 is 0 Å². The monoisotopic (exact) mass is 455 g/mol. The van der Waals surface area contributed by atoms with Crippen LogP contribution in [0.15, 0.2) is 53.6 Å². The number of carbonyl (C=O) groups is 1. The van der Waals surface area contributed by atoms with E-state index in [2.05, 4.69) is 15.5 Å². The topological polar surface area (TPSA) is 62.5 Å². The SMILES string of the molecule is CC1=NN(c2ccc(C(=O)NCc3ccc(-n4nc(C)cc4C)cc3C(F)(F)F)cc2)CC1. The Balaban J connectivity index is 1.50. The van der Waals surface area contributed by atoms with Crippen LogP contribution in [0, 0.1) is 13.8 Å². The highest BCUT2D eigenvalue weighted by Crippen LogP contribution is 2.34. The predicted octanol–water partition coefficient (Wildman–Crippen LogP) is 5.02. The van der Waals surface area contributed by atoms with E-state index in [1.54, 1.807) is 50.2 Å². The molecule has 0 aliphatic carbocycles. The number of aromatic nitrogens is 2. The number of benzene rings is 2. The Kier molecular flexibility index (Phi) is 5.97. The van der Waals surface area contributed by atoms with Crippen LogP contribution in [0.1, 0.15) is 46.2 Å². The van der Waals surface area contributed by atoms with Crippen molar-refractivity contribution in [2.75, 3.05) is 11.6 Å². The van der Waals surface area contributed by atoms with Crippen molar-refractivity contribution >= 4 is 17.3 Å². The fraction of sp³-hybridized carbons (Fsp3) is 0.292. The molecule has 3 aromatic rings. The van der Waals surface area contributed by atoms with Gasteiger partial charge in [0, 0.05) is 36.5 Å². The van der Waals surface area contributed by atoms with Crippen LogP contribution in [0.3, 0.4) is 0 Å². The first-order valence-electron chi connectivity index (χ1n) is 10.6. The lowest BCUT2D eigenvalue weighted by Crippen LogP contribution is -2.25. The number of halogens is 3. The van der Waals surface area contributed by atoms with Gasteiger partial charge in [0.2, 0.25) is 0 Å². The Bertz CT molecular complexity index is 1210. The van der Waals surface area contributed by atoms with E-state index in [0.717, 1.165) is 41.8 Å². The molecule has 172 valence electrons. The highest BCUT2D eigenvalue weighted by molar-refractivity contribution is 5.94. The third-order valence-electron chi connectivity index (χ3n) is 5.50. The fourth-order valence-corrected chi connectivity index (χ4v) is 3.83. The van der Waals surface area contributed by atoms with E-state index >= 15 is 0 Å². The van der Waals surface area contributed by atoms with Crippen LogP contribution in [0.2, 0.25) is 0 Å². The molecule has 1 aliphatic heterocycles. The van der Waals surface area contributed by atoms with E-state index in [-0.39, 0.29) is 12.1 Å². The number of aryl methyl sites for hydroxylation is 2. The summed E-state index contributed by atoms with van der Waals surface area (Å²) in [5.41, 5.74) is 3.23. The summed E-state index contributed by atoms with van der Waals surface area (Å²) in [6.45, 7) is 6.06. The number of rotatable bonds is 5. The van der Waals surface area contributed by atoms with Gasteiger partial charge in [0.15, 0.2) is 0 Å². The zero-order valence-corrected chi connectivity index (χ0v) is 18.6. The lowest BCUT2D eigenvalue weighted by atomic mass is 10.1. The molecule has 1 aromatic heterocycles. The third-order valence-corrected chi connectivity index (χ3v) is 5.50. The molecule has 0 saturated carbocycles. The molecular formula is C24H24F3N5O. The molecule has 9 heteroatoms. The maximum absolute atomic E-state index is 13.8. The average Bonchev–Trinajstić information content (AvgIpc) is 3.36. The molecule has 2 aromatic carbocycles. The Morgan fingerprint density at radius 3 is 2.30 bits per heavy atom. The summed E-state index contributed by atoms with van der Waals surface area (Å²) in [6, 6.07) is 12.7. The predicted molar refractivity (Wildman–Crippen MR) is 121 cm³/mol. The molecule has 0 spiro atoms. The van der Waals surface area contributed by atoms with Gasteiger partial charge in [0.25, 0.3) is 5.91 Å². The van der Waals surface area contributed by atoms with Gasteiger partial charge in [-0.1, -0.05) is 6.07 Å². The third kappa shape index (κ3) is 4.92. The van der Waals surface area contributed by atoms with Gasteiger partial charge in [-0.2, -0.15) is 23.4 Å². The molecule has 2 heterocycles. The van der Waals surface area contributed by atoms with Gasteiger partial charge in [-0.25, -0.2) is 4.68 Å². The minimum absolute atomic E-state index is 0.0142. The molecule has 1 N–H and O–H groups in total. The van der Waals surface area contributed by atoms with Gasteiger partial charge < -0.3 is 5.32 Å². The Morgan fingerprint density at radius 1 is 1.03 bits per heavy atom. The Morgan fingerprint density at radius 2 is 1.73 bits per heavy atom. The first kappa shape index (κ1) is 22.6. The van der Waals surface area contributed by atoms with Crippen molar-refractivity contribution in [2.24, 2.45) is 5.10 Å². The summed E-state index contributed by atoms with van der Waals surface area (Å²) in [6.07, 6.45) is -3.68. The minimum atomic E-state index is -4.57. The number of hydrogen-bond acceptors (Lipinski definition) is 4. The summed E-state index contributed by atoms with van der Waals surface area (Å²) in [5, 5.41) is 13.1. The summed E-state index contributed by atoms with van der Waals surface area (Å²) in [4.78, 5) is 12.6. The first-order chi connectivity index (χ1) is 15.6. The normalized spacial score (nSPS) is 13.9. The molecule has 1 aliphatic rings. The summed E-state index contributed by atoms with van der Waals surface area (Å²) < 4.78 is 42.8. The number of alkyl halides is 3. The van der Waals surface area contributed by atoms with Crippen molar-refractivity contribution in [1.82, 2.24) is 15.1 Å². The lowest BCUT2D eigenvalue weighted by molar-refractivity contribution is -0.138. The lowest BCUT2D eigenvalue weighted by Gasteiger charge is -2.16. The van der Waals surface area contributed by atoms with E-state index in [0.29, 0.717) is 11.3 Å². The molecular weight excluding hydrogens is 431 g/mol.